The van der Waals surface area contributed by atoms with Crippen molar-refractivity contribution in [3.05, 3.63) is 64.7 Å². The molecule has 2 aromatic carbocycles. The van der Waals surface area contributed by atoms with Crippen LogP contribution >= 0.6 is 23.8 Å². The molecule has 2 aromatic heterocycles. The lowest BCUT2D eigenvalue weighted by atomic mass is 10.2. The van der Waals surface area contributed by atoms with E-state index in [1.165, 1.54) is 0 Å². The first-order valence-electron chi connectivity index (χ1n) is 7.75. The molecule has 0 aliphatic heterocycles. The molecule has 0 radical (unpaired) electrons. The Labute approximate surface area is 158 Å². The number of aromatic amines is 1. The van der Waals surface area contributed by atoms with Crippen molar-refractivity contribution in [2.45, 2.75) is 6.54 Å². The summed E-state index contributed by atoms with van der Waals surface area (Å²) in [4.78, 5) is 16.8. The summed E-state index contributed by atoms with van der Waals surface area (Å²) in [6.45, 7) is 0.0137. The number of hydrogen-bond acceptors (Lipinski definition) is 4. The van der Waals surface area contributed by atoms with Crippen LogP contribution < -0.4 is 5.43 Å². The number of halogens is 1. The van der Waals surface area contributed by atoms with Crippen molar-refractivity contribution in [3.8, 4) is 11.4 Å². The largest absolute Gasteiger partial charge is 0.291 e. The summed E-state index contributed by atoms with van der Waals surface area (Å²) in [5, 5.41) is 7.57. The van der Waals surface area contributed by atoms with Gasteiger partial charge in [-0.05, 0) is 48.6 Å². The first-order chi connectivity index (χ1) is 12.6. The average Bonchev–Trinajstić information content (AvgIpc) is 3.21. The van der Waals surface area contributed by atoms with Crippen LogP contribution in [0.3, 0.4) is 0 Å². The summed E-state index contributed by atoms with van der Waals surface area (Å²) >= 11 is 11.2. The molecule has 130 valence electrons. The van der Waals surface area contributed by atoms with Gasteiger partial charge in [-0.15, -0.1) is 0 Å². The first kappa shape index (κ1) is 16.5. The highest BCUT2D eigenvalue weighted by atomic mass is 35.5. The molecular weight excluding hydrogens is 372 g/mol. The quantitative estimate of drug-likeness (QED) is 0.528. The summed E-state index contributed by atoms with van der Waals surface area (Å²) in [5.41, 5.74) is 5.23. The number of para-hydroxylation sites is 2. The minimum absolute atomic E-state index is 0.0137. The third kappa shape index (κ3) is 3.12. The molecule has 0 unspecified atom stereocenters. The van der Waals surface area contributed by atoms with Gasteiger partial charge in [0.2, 0.25) is 0 Å². The molecule has 7 nitrogen and oxygen atoms in total. The number of nitrogens with one attached hydrogen (secondary N) is 2. The molecule has 0 bridgehead atoms. The number of hydrogen-bond donors (Lipinski definition) is 2. The zero-order valence-electron chi connectivity index (χ0n) is 13.4. The number of aromatic nitrogens is 5. The molecule has 0 fully saturated rings. The number of carbonyl (C=O) groups is 1. The molecule has 9 heteroatoms. The van der Waals surface area contributed by atoms with Crippen LogP contribution in [-0.2, 0) is 11.3 Å². The monoisotopic (exact) mass is 384 g/mol. The number of imidazole rings is 1. The lowest BCUT2D eigenvalue weighted by Crippen LogP contribution is -2.26. The molecule has 0 aliphatic rings. The Bertz CT molecular complexity index is 1140. The van der Waals surface area contributed by atoms with Gasteiger partial charge in [-0.25, -0.2) is 9.66 Å². The van der Waals surface area contributed by atoms with E-state index in [4.69, 9.17) is 23.8 Å². The summed E-state index contributed by atoms with van der Waals surface area (Å²) in [6.07, 6.45) is 1.57. The predicted molar refractivity (Wildman–Crippen MR) is 102 cm³/mol. The van der Waals surface area contributed by atoms with E-state index in [1.54, 1.807) is 27.7 Å². The molecule has 0 saturated heterocycles. The molecule has 0 atom stereocenters. The fraction of sp³-hybridized carbons (Fsp3) is 0.0588. The predicted octanol–water partition coefficient (Wildman–Crippen LogP) is 3.38. The Morgan fingerprint density at radius 2 is 1.96 bits per heavy atom. The van der Waals surface area contributed by atoms with Crippen molar-refractivity contribution >= 4 is 40.8 Å². The van der Waals surface area contributed by atoms with E-state index in [-0.39, 0.29) is 12.5 Å². The topological polar surface area (TPSA) is 80.5 Å². The van der Waals surface area contributed by atoms with Crippen LogP contribution in [0.25, 0.3) is 22.4 Å². The van der Waals surface area contributed by atoms with Crippen LogP contribution in [0, 0.1) is 4.77 Å². The van der Waals surface area contributed by atoms with Gasteiger partial charge in [-0.1, -0.05) is 23.7 Å². The van der Waals surface area contributed by atoms with Crippen molar-refractivity contribution in [1.82, 2.24) is 24.4 Å². The van der Waals surface area contributed by atoms with E-state index >= 15 is 0 Å². The van der Waals surface area contributed by atoms with Crippen molar-refractivity contribution < 1.29 is 4.79 Å². The highest BCUT2D eigenvalue weighted by Gasteiger charge is 2.13. The van der Waals surface area contributed by atoms with Crippen molar-refractivity contribution in [1.29, 1.82) is 0 Å². The van der Waals surface area contributed by atoms with Gasteiger partial charge < -0.3 is 0 Å². The number of benzene rings is 2. The van der Waals surface area contributed by atoms with Crippen molar-refractivity contribution in [3.63, 3.8) is 0 Å². The number of rotatable bonds is 4. The summed E-state index contributed by atoms with van der Waals surface area (Å²) in [6, 6.07) is 14.7. The minimum atomic E-state index is -0.249. The molecule has 0 saturated carbocycles. The van der Waals surface area contributed by atoms with E-state index in [9.17, 15) is 4.79 Å². The number of fused-ring (bicyclic) bond motifs is 1. The van der Waals surface area contributed by atoms with Crippen LogP contribution in [0.2, 0.25) is 5.02 Å². The number of nitrogens with zero attached hydrogens (tertiary/aromatic N) is 4. The number of amides is 1. The second kappa shape index (κ2) is 6.74. The Hall–Kier alpha value is -2.97. The maximum absolute atomic E-state index is 12.5. The number of carbonyl (C=O) groups excluding carboxylic acids is 1. The van der Waals surface area contributed by atoms with Crippen LogP contribution in [0.5, 0.6) is 0 Å². The standard InChI is InChI=1S/C17H13ClN6OS/c18-12-7-5-11(6-8-12)16-20-21-17(26)23(16)9-15(25)22-24-10-19-13-3-1-2-4-14(13)24/h1-8,10H,9H2,(H,21,26)(H,22,25). The third-order valence-electron chi connectivity index (χ3n) is 3.86. The van der Waals surface area contributed by atoms with Gasteiger partial charge >= 0.3 is 0 Å². The molecular formula is C17H13ClN6OS. The van der Waals surface area contributed by atoms with Crippen LogP contribution in [0.15, 0.2) is 54.9 Å². The summed E-state index contributed by atoms with van der Waals surface area (Å²) in [5.74, 6) is 0.318. The van der Waals surface area contributed by atoms with Crippen molar-refractivity contribution in [2.24, 2.45) is 0 Å². The Balaban J connectivity index is 1.59. The first-order valence-corrected chi connectivity index (χ1v) is 8.53. The molecule has 2 heterocycles. The SMILES string of the molecule is O=C(Cn1c(-c2ccc(Cl)cc2)n[nH]c1=S)Nn1cnc2ccccc21. The van der Waals surface area contributed by atoms with Gasteiger partial charge in [0.05, 0.1) is 11.0 Å². The van der Waals surface area contributed by atoms with Crippen LogP contribution in [0.4, 0.5) is 0 Å². The lowest BCUT2D eigenvalue weighted by molar-refractivity contribution is -0.117. The van der Waals surface area contributed by atoms with Crippen molar-refractivity contribution in [2.75, 3.05) is 5.43 Å². The Morgan fingerprint density at radius 3 is 2.77 bits per heavy atom. The van der Waals surface area contributed by atoms with E-state index in [2.05, 4.69) is 20.6 Å². The van der Waals surface area contributed by atoms with Gasteiger partial charge in [0, 0.05) is 10.6 Å². The summed E-state index contributed by atoms with van der Waals surface area (Å²) in [7, 11) is 0. The van der Waals surface area contributed by atoms with E-state index in [0.29, 0.717) is 15.6 Å². The summed E-state index contributed by atoms with van der Waals surface area (Å²) < 4.78 is 3.58. The lowest BCUT2D eigenvalue weighted by Gasteiger charge is -2.09. The highest BCUT2D eigenvalue weighted by Crippen LogP contribution is 2.20. The average molecular weight is 385 g/mol. The van der Waals surface area contributed by atoms with E-state index in [1.807, 2.05) is 36.4 Å². The van der Waals surface area contributed by atoms with E-state index < -0.39 is 0 Å². The molecule has 2 N–H and O–H groups in total. The highest BCUT2D eigenvalue weighted by molar-refractivity contribution is 7.71. The molecule has 0 aliphatic carbocycles. The molecule has 0 spiro atoms. The molecule has 4 rings (SSSR count). The third-order valence-corrected chi connectivity index (χ3v) is 4.42. The smallest absolute Gasteiger partial charge is 0.258 e. The van der Waals surface area contributed by atoms with Gasteiger partial charge in [-0.3, -0.25) is 19.9 Å². The van der Waals surface area contributed by atoms with Gasteiger partial charge in [-0.2, -0.15) is 5.10 Å². The fourth-order valence-corrected chi connectivity index (χ4v) is 2.97. The second-order valence-corrected chi connectivity index (χ2v) is 6.41. The number of H-pyrrole nitrogens is 1. The maximum Gasteiger partial charge on any atom is 0.258 e. The van der Waals surface area contributed by atoms with Gasteiger partial charge in [0.25, 0.3) is 5.91 Å². The molecule has 26 heavy (non-hydrogen) atoms. The zero-order chi connectivity index (χ0) is 18.1. The molecule has 4 aromatic rings. The Kier molecular flexibility index (Phi) is 4.27. The van der Waals surface area contributed by atoms with Crippen LogP contribution in [-0.4, -0.2) is 30.3 Å². The Morgan fingerprint density at radius 1 is 1.19 bits per heavy atom. The van der Waals surface area contributed by atoms with Gasteiger partial charge in [0.1, 0.15) is 12.9 Å². The van der Waals surface area contributed by atoms with Gasteiger partial charge in [0.15, 0.2) is 10.6 Å². The van der Waals surface area contributed by atoms with Crippen LogP contribution in [0.1, 0.15) is 0 Å². The van der Waals surface area contributed by atoms with E-state index in [0.717, 1.165) is 16.6 Å². The second-order valence-electron chi connectivity index (χ2n) is 5.58. The fourth-order valence-electron chi connectivity index (χ4n) is 2.65. The zero-order valence-corrected chi connectivity index (χ0v) is 15.0. The molecule has 1 amide bonds. The maximum atomic E-state index is 12.5. The minimum Gasteiger partial charge on any atom is -0.291 e. The normalized spacial score (nSPS) is 11.0.